The van der Waals surface area contributed by atoms with Crippen molar-refractivity contribution in [3.63, 3.8) is 0 Å². The molecule has 0 amide bonds. The maximum Gasteiger partial charge on any atom is 0.311 e. The Morgan fingerprint density at radius 2 is 2.06 bits per heavy atom. The quantitative estimate of drug-likeness (QED) is 0.868. The van der Waals surface area contributed by atoms with Crippen LogP contribution < -0.4 is 0 Å². The van der Waals surface area contributed by atoms with Gasteiger partial charge in [-0.1, -0.05) is 29.8 Å². The standard InChI is InChI=1S/C14H19NO2/c1-10-5-4-6-11(9-10)12(15(2)3)14(7-8-14)13(16)17/h4-6,9,12H,7-8H2,1-3H3,(H,16,17). The summed E-state index contributed by atoms with van der Waals surface area (Å²) in [6.07, 6.45) is 1.55. The molecule has 1 saturated carbocycles. The van der Waals surface area contributed by atoms with E-state index in [4.69, 9.17) is 0 Å². The Hall–Kier alpha value is -1.35. The Balaban J connectivity index is 2.40. The van der Waals surface area contributed by atoms with E-state index >= 15 is 0 Å². The van der Waals surface area contributed by atoms with Gasteiger partial charge in [0.05, 0.1) is 11.5 Å². The first-order chi connectivity index (χ1) is 7.97. The Kier molecular flexibility index (Phi) is 2.96. The summed E-state index contributed by atoms with van der Waals surface area (Å²) in [7, 11) is 3.91. The highest BCUT2D eigenvalue weighted by atomic mass is 16.4. The van der Waals surface area contributed by atoms with E-state index in [2.05, 4.69) is 6.07 Å². The Morgan fingerprint density at radius 1 is 1.41 bits per heavy atom. The van der Waals surface area contributed by atoms with Crippen LogP contribution in [0.5, 0.6) is 0 Å². The number of carboxylic acid groups (broad SMARTS) is 1. The number of aliphatic carboxylic acids is 1. The SMILES string of the molecule is Cc1cccc(C(N(C)C)C2(C(=O)O)CC2)c1. The fourth-order valence-electron chi connectivity index (χ4n) is 2.69. The van der Waals surface area contributed by atoms with Crippen LogP contribution in [0.3, 0.4) is 0 Å². The highest BCUT2D eigenvalue weighted by molar-refractivity contribution is 5.79. The first-order valence-corrected chi connectivity index (χ1v) is 5.94. The summed E-state index contributed by atoms with van der Waals surface area (Å²) >= 11 is 0. The van der Waals surface area contributed by atoms with Crippen molar-refractivity contribution in [1.29, 1.82) is 0 Å². The van der Waals surface area contributed by atoms with E-state index in [1.807, 2.05) is 44.1 Å². The minimum Gasteiger partial charge on any atom is -0.481 e. The van der Waals surface area contributed by atoms with E-state index in [1.165, 1.54) is 5.56 Å². The van der Waals surface area contributed by atoms with Gasteiger partial charge in [-0.3, -0.25) is 4.79 Å². The third-order valence-electron chi connectivity index (χ3n) is 3.61. The van der Waals surface area contributed by atoms with Crippen LogP contribution in [0.4, 0.5) is 0 Å². The first-order valence-electron chi connectivity index (χ1n) is 5.94. The summed E-state index contributed by atoms with van der Waals surface area (Å²) in [6.45, 7) is 2.04. The predicted molar refractivity (Wildman–Crippen MR) is 66.9 cm³/mol. The molecular formula is C14H19NO2. The van der Waals surface area contributed by atoms with Crippen molar-refractivity contribution in [3.05, 3.63) is 35.4 Å². The fraction of sp³-hybridized carbons (Fsp3) is 0.500. The van der Waals surface area contributed by atoms with E-state index in [9.17, 15) is 9.90 Å². The lowest BCUT2D eigenvalue weighted by Gasteiger charge is -2.30. The number of hydrogen-bond donors (Lipinski definition) is 1. The average molecular weight is 233 g/mol. The molecule has 0 aliphatic heterocycles. The third kappa shape index (κ3) is 2.07. The van der Waals surface area contributed by atoms with E-state index < -0.39 is 11.4 Å². The van der Waals surface area contributed by atoms with Crippen molar-refractivity contribution in [3.8, 4) is 0 Å². The van der Waals surface area contributed by atoms with Crippen molar-refractivity contribution in [2.24, 2.45) is 5.41 Å². The molecule has 3 heteroatoms. The summed E-state index contributed by atoms with van der Waals surface area (Å²) in [4.78, 5) is 13.5. The predicted octanol–water partition coefficient (Wildman–Crippen LogP) is 2.46. The van der Waals surface area contributed by atoms with Gasteiger partial charge in [0, 0.05) is 0 Å². The molecule has 17 heavy (non-hydrogen) atoms. The molecular weight excluding hydrogens is 214 g/mol. The highest BCUT2D eigenvalue weighted by Gasteiger charge is 2.57. The molecule has 1 N–H and O–H groups in total. The number of carboxylic acids is 1. The summed E-state index contributed by atoms with van der Waals surface area (Å²) in [6, 6.07) is 8.13. The van der Waals surface area contributed by atoms with Crippen LogP contribution in [0.1, 0.15) is 30.0 Å². The minimum atomic E-state index is -0.669. The lowest BCUT2D eigenvalue weighted by molar-refractivity contribution is -0.146. The number of hydrogen-bond acceptors (Lipinski definition) is 2. The van der Waals surface area contributed by atoms with Gasteiger partial charge in [-0.25, -0.2) is 0 Å². The lowest BCUT2D eigenvalue weighted by Crippen LogP contribution is -2.33. The number of rotatable bonds is 4. The zero-order valence-electron chi connectivity index (χ0n) is 10.6. The smallest absolute Gasteiger partial charge is 0.311 e. The third-order valence-corrected chi connectivity index (χ3v) is 3.61. The van der Waals surface area contributed by atoms with E-state index in [0.29, 0.717) is 0 Å². The largest absolute Gasteiger partial charge is 0.481 e. The number of nitrogens with zero attached hydrogens (tertiary/aromatic N) is 1. The maximum absolute atomic E-state index is 11.5. The molecule has 1 atom stereocenters. The Morgan fingerprint density at radius 3 is 2.47 bits per heavy atom. The Labute approximate surface area is 102 Å². The van der Waals surface area contributed by atoms with Gasteiger partial charge < -0.3 is 10.0 Å². The monoisotopic (exact) mass is 233 g/mol. The average Bonchev–Trinajstić information content (AvgIpc) is 2.99. The lowest BCUT2D eigenvalue weighted by atomic mass is 9.88. The first kappa shape index (κ1) is 12.1. The number of carbonyl (C=O) groups is 1. The Bertz CT molecular complexity index is 436. The van der Waals surface area contributed by atoms with E-state index in [0.717, 1.165) is 18.4 Å². The molecule has 0 saturated heterocycles. The molecule has 0 spiro atoms. The molecule has 1 fully saturated rings. The van der Waals surface area contributed by atoms with Gasteiger partial charge in [0.15, 0.2) is 0 Å². The van der Waals surface area contributed by atoms with Crippen LogP contribution in [0.25, 0.3) is 0 Å². The molecule has 1 aliphatic carbocycles. The molecule has 1 aliphatic rings. The zero-order chi connectivity index (χ0) is 12.6. The zero-order valence-corrected chi connectivity index (χ0v) is 10.6. The topological polar surface area (TPSA) is 40.5 Å². The van der Waals surface area contributed by atoms with Gasteiger partial charge in [0.25, 0.3) is 0 Å². The molecule has 0 aromatic heterocycles. The van der Waals surface area contributed by atoms with Crippen molar-refractivity contribution in [2.75, 3.05) is 14.1 Å². The van der Waals surface area contributed by atoms with Crippen LogP contribution in [-0.4, -0.2) is 30.1 Å². The van der Waals surface area contributed by atoms with Crippen LogP contribution in [-0.2, 0) is 4.79 Å². The second-order valence-corrected chi connectivity index (χ2v) is 5.24. The van der Waals surface area contributed by atoms with Crippen molar-refractivity contribution >= 4 is 5.97 Å². The second kappa shape index (κ2) is 4.15. The summed E-state index contributed by atoms with van der Waals surface area (Å²) in [5, 5.41) is 9.43. The summed E-state index contributed by atoms with van der Waals surface area (Å²) in [5.41, 5.74) is 1.71. The molecule has 92 valence electrons. The van der Waals surface area contributed by atoms with E-state index in [1.54, 1.807) is 0 Å². The van der Waals surface area contributed by atoms with Crippen LogP contribution in [0.15, 0.2) is 24.3 Å². The van der Waals surface area contributed by atoms with Gasteiger partial charge in [-0.05, 0) is 39.4 Å². The molecule has 0 radical (unpaired) electrons. The highest BCUT2D eigenvalue weighted by Crippen LogP contribution is 2.57. The van der Waals surface area contributed by atoms with Crippen LogP contribution >= 0.6 is 0 Å². The van der Waals surface area contributed by atoms with Crippen molar-refractivity contribution < 1.29 is 9.90 Å². The maximum atomic E-state index is 11.5. The molecule has 0 heterocycles. The van der Waals surface area contributed by atoms with Gasteiger partial charge in [-0.15, -0.1) is 0 Å². The molecule has 1 aromatic rings. The minimum absolute atomic E-state index is 0.0279. The van der Waals surface area contributed by atoms with Gasteiger partial charge in [0.2, 0.25) is 0 Å². The molecule has 2 rings (SSSR count). The molecule has 1 aromatic carbocycles. The van der Waals surface area contributed by atoms with Gasteiger partial charge >= 0.3 is 5.97 Å². The summed E-state index contributed by atoms with van der Waals surface area (Å²) < 4.78 is 0. The molecule has 0 bridgehead atoms. The number of benzene rings is 1. The fourth-order valence-corrected chi connectivity index (χ4v) is 2.69. The van der Waals surface area contributed by atoms with E-state index in [-0.39, 0.29) is 6.04 Å². The molecule has 3 nitrogen and oxygen atoms in total. The van der Waals surface area contributed by atoms with Gasteiger partial charge in [0.1, 0.15) is 0 Å². The van der Waals surface area contributed by atoms with Crippen molar-refractivity contribution in [1.82, 2.24) is 4.90 Å². The second-order valence-electron chi connectivity index (χ2n) is 5.24. The van der Waals surface area contributed by atoms with Crippen molar-refractivity contribution in [2.45, 2.75) is 25.8 Å². The molecule has 1 unspecified atom stereocenters. The number of aryl methyl sites for hydroxylation is 1. The van der Waals surface area contributed by atoms with Crippen LogP contribution in [0, 0.1) is 12.3 Å². The van der Waals surface area contributed by atoms with Crippen LogP contribution in [0.2, 0.25) is 0 Å². The summed E-state index contributed by atoms with van der Waals surface area (Å²) in [5.74, 6) is -0.669. The van der Waals surface area contributed by atoms with Gasteiger partial charge in [-0.2, -0.15) is 0 Å². The normalized spacial score (nSPS) is 19.1.